The molecule has 0 aliphatic carbocycles. The molecule has 164 valence electrons. The van der Waals surface area contributed by atoms with E-state index in [1.165, 1.54) is 30.5 Å². The summed E-state index contributed by atoms with van der Waals surface area (Å²) in [5.41, 5.74) is 6.18. The quantitative estimate of drug-likeness (QED) is 0.668. The highest BCUT2D eigenvalue weighted by molar-refractivity contribution is 5.81. The molecule has 2 rings (SSSR count). The molecule has 0 radical (unpaired) electrons. The first-order valence-electron chi connectivity index (χ1n) is 9.10. The monoisotopic (exact) mass is 426 g/mol. The average molecular weight is 426 g/mol. The summed E-state index contributed by atoms with van der Waals surface area (Å²) in [6.07, 6.45) is -4.57. The van der Waals surface area contributed by atoms with Crippen molar-refractivity contribution in [3.63, 3.8) is 0 Å². The molecule has 3 N–H and O–H groups in total. The minimum absolute atomic E-state index is 0.00627. The molecule has 1 unspecified atom stereocenters. The van der Waals surface area contributed by atoms with Gasteiger partial charge in [0.05, 0.1) is 0 Å². The highest BCUT2D eigenvalue weighted by atomic mass is 19.4. The van der Waals surface area contributed by atoms with Crippen LogP contribution in [-0.4, -0.2) is 29.6 Å². The molecule has 0 saturated heterocycles. The second-order valence-electron chi connectivity index (χ2n) is 7.59. The molecule has 2 aromatic rings. The lowest BCUT2D eigenvalue weighted by molar-refractivity contribution is -0.275. The fourth-order valence-corrected chi connectivity index (χ4v) is 3.03. The molecule has 1 amide bonds. The van der Waals surface area contributed by atoms with Crippen molar-refractivity contribution in [3.05, 3.63) is 36.5 Å². The van der Waals surface area contributed by atoms with Crippen LogP contribution in [0.4, 0.5) is 23.8 Å². The Hall–Kier alpha value is -3.01. The van der Waals surface area contributed by atoms with E-state index in [9.17, 15) is 23.1 Å². The zero-order valence-electron chi connectivity index (χ0n) is 16.7. The topological polar surface area (TPSA) is 110 Å². The molecule has 1 aromatic heterocycles. The van der Waals surface area contributed by atoms with Crippen LogP contribution < -0.4 is 25.6 Å². The zero-order valence-corrected chi connectivity index (χ0v) is 16.7. The third kappa shape index (κ3) is 7.43. The summed E-state index contributed by atoms with van der Waals surface area (Å²) < 4.78 is 48.4. The van der Waals surface area contributed by atoms with Crippen LogP contribution in [-0.2, 0) is 0 Å². The van der Waals surface area contributed by atoms with Crippen LogP contribution in [0.15, 0.2) is 36.5 Å². The Balaban J connectivity index is 2.33. The summed E-state index contributed by atoms with van der Waals surface area (Å²) in [6, 6.07) is 6.87. The van der Waals surface area contributed by atoms with Gasteiger partial charge in [-0.1, -0.05) is 19.9 Å². The van der Waals surface area contributed by atoms with Crippen molar-refractivity contribution in [1.29, 1.82) is 0 Å². The number of carbonyl (C=O) groups excluding carboxylic acids is 1. The van der Waals surface area contributed by atoms with Crippen LogP contribution in [0.1, 0.15) is 27.2 Å². The van der Waals surface area contributed by atoms with E-state index < -0.39 is 23.7 Å². The van der Waals surface area contributed by atoms with Gasteiger partial charge in [0, 0.05) is 11.7 Å². The zero-order chi connectivity index (χ0) is 22.5. The van der Waals surface area contributed by atoms with Gasteiger partial charge >= 0.3 is 6.36 Å². The van der Waals surface area contributed by atoms with Crippen molar-refractivity contribution >= 4 is 11.9 Å². The summed E-state index contributed by atoms with van der Waals surface area (Å²) in [4.78, 5) is 14.5. The Kier molecular flexibility index (Phi) is 7.14. The molecule has 0 spiro atoms. The predicted molar refractivity (Wildman–Crippen MR) is 103 cm³/mol. The average Bonchev–Trinajstić information content (AvgIpc) is 2.58. The third-order valence-electron chi connectivity index (χ3n) is 3.92. The number of hydrogen-bond acceptors (Lipinski definition) is 6. The Morgan fingerprint density at radius 2 is 1.87 bits per heavy atom. The Morgan fingerprint density at radius 3 is 2.47 bits per heavy atom. The first-order chi connectivity index (χ1) is 13.8. The largest absolute Gasteiger partial charge is 0.573 e. The van der Waals surface area contributed by atoms with Crippen LogP contribution in [0.5, 0.6) is 11.5 Å². The number of pyridine rings is 1. The van der Waals surface area contributed by atoms with Gasteiger partial charge in [-0.25, -0.2) is 4.98 Å². The number of alkyl halides is 3. The Bertz CT molecular complexity index is 886. The number of benzene rings is 1. The van der Waals surface area contributed by atoms with E-state index in [0.717, 1.165) is 6.07 Å². The van der Waals surface area contributed by atoms with Gasteiger partial charge < -0.3 is 30.4 Å². The van der Waals surface area contributed by atoms with Crippen LogP contribution in [0.25, 0.3) is 11.1 Å². The van der Waals surface area contributed by atoms with Crippen molar-refractivity contribution in [2.24, 2.45) is 11.7 Å². The highest BCUT2D eigenvalue weighted by Crippen LogP contribution is 2.37. The molecule has 1 heterocycles. The van der Waals surface area contributed by atoms with E-state index in [0.29, 0.717) is 17.5 Å². The molecule has 0 aliphatic rings. The minimum atomic E-state index is -4.93. The van der Waals surface area contributed by atoms with Crippen LogP contribution in [0.2, 0.25) is 0 Å². The van der Waals surface area contributed by atoms with Gasteiger partial charge in [-0.15, -0.1) is 13.2 Å². The van der Waals surface area contributed by atoms with Crippen LogP contribution in [0.3, 0.4) is 0 Å². The van der Waals surface area contributed by atoms with Crippen molar-refractivity contribution in [2.75, 3.05) is 11.9 Å². The number of nitrogens with two attached hydrogens (primary N) is 1. The van der Waals surface area contributed by atoms with Crippen molar-refractivity contribution in [3.8, 4) is 22.6 Å². The highest BCUT2D eigenvalue weighted by Gasteiger charge is 2.33. The Morgan fingerprint density at radius 1 is 1.20 bits per heavy atom. The van der Waals surface area contributed by atoms with Crippen molar-refractivity contribution in [1.82, 2.24) is 4.98 Å². The number of aromatic nitrogens is 1. The van der Waals surface area contributed by atoms with Gasteiger partial charge in [-0.3, -0.25) is 0 Å². The number of carbonyl (C=O) groups is 1. The van der Waals surface area contributed by atoms with E-state index >= 15 is 0 Å². The predicted octanol–water partition coefficient (Wildman–Crippen LogP) is 3.54. The smallest absolute Gasteiger partial charge is 0.530 e. The molecule has 10 heteroatoms. The maximum atomic E-state index is 12.9. The molecule has 0 fully saturated rings. The molecule has 0 saturated carbocycles. The molecule has 30 heavy (non-hydrogen) atoms. The number of halogens is 3. The fraction of sp³-hybridized carbons (Fsp3) is 0.400. The summed E-state index contributed by atoms with van der Waals surface area (Å²) >= 11 is 0. The standard InChI is InChI=1S/C20H24F3N3O4/c1-12(2)10-19(3,24)11-29-15-5-4-13(8-16(15)30-20(21,22)23)14-6-7-25-17(9-14)26-18(27)28/h4-9,12H,10-11,24H2,1-3H3,(H,25,26)(H,27,28)/p-1. The van der Waals surface area contributed by atoms with Gasteiger partial charge in [-0.05, 0) is 54.7 Å². The summed E-state index contributed by atoms with van der Waals surface area (Å²) in [7, 11) is 0. The number of carboxylic acid groups (broad SMARTS) is 1. The van der Waals surface area contributed by atoms with Crippen molar-refractivity contribution < 1.29 is 32.5 Å². The molecular weight excluding hydrogens is 403 g/mol. The first kappa shape index (κ1) is 23.3. The number of hydrogen-bond donors (Lipinski definition) is 2. The van der Waals surface area contributed by atoms with Gasteiger partial charge in [0.1, 0.15) is 18.5 Å². The van der Waals surface area contributed by atoms with E-state index in [2.05, 4.69) is 9.72 Å². The number of anilines is 1. The van der Waals surface area contributed by atoms with E-state index in [-0.39, 0.29) is 24.1 Å². The van der Waals surface area contributed by atoms with Gasteiger partial charge in [-0.2, -0.15) is 0 Å². The maximum absolute atomic E-state index is 12.9. The molecule has 0 aliphatic heterocycles. The van der Waals surface area contributed by atoms with Gasteiger partial charge in [0.15, 0.2) is 11.5 Å². The normalized spacial score (nSPS) is 13.6. The Labute approximate surface area is 172 Å². The number of amides is 1. The molecule has 7 nitrogen and oxygen atoms in total. The van der Waals surface area contributed by atoms with Gasteiger partial charge in [0.2, 0.25) is 0 Å². The van der Waals surface area contributed by atoms with Crippen molar-refractivity contribution in [2.45, 2.75) is 39.1 Å². The summed E-state index contributed by atoms with van der Waals surface area (Å²) in [6.45, 7) is 5.72. The summed E-state index contributed by atoms with van der Waals surface area (Å²) in [5.74, 6) is -0.392. The third-order valence-corrected chi connectivity index (χ3v) is 3.92. The number of nitrogens with one attached hydrogen (secondary N) is 1. The van der Waals surface area contributed by atoms with E-state index in [4.69, 9.17) is 10.5 Å². The second kappa shape index (κ2) is 9.21. The number of ether oxygens (including phenoxy) is 2. The van der Waals surface area contributed by atoms with E-state index in [1.807, 2.05) is 19.2 Å². The number of rotatable bonds is 8. The van der Waals surface area contributed by atoms with Crippen LogP contribution >= 0.6 is 0 Å². The minimum Gasteiger partial charge on any atom is -0.530 e. The summed E-state index contributed by atoms with van der Waals surface area (Å²) in [5, 5.41) is 12.6. The molecular formula is C20H23F3N3O4-. The lowest BCUT2D eigenvalue weighted by atomic mass is 9.93. The number of nitrogens with zero attached hydrogens (tertiary/aromatic N) is 1. The van der Waals surface area contributed by atoms with Crippen LogP contribution in [0, 0.1) is 5.92 Å². The molecule has 1 atom stereocenters. The SMILES string of the molecule is CC(C)CC(C)(N)COc1ccc(-c2ccnc(NC(=O)[O-])c2)cc1OC(F)(F)F. The molecule has 0 bridgehead atoms. The maximum Gasteiger partial charge on any atom is 0.573 e. The lowest BCUT2D eigenvalue weighted by Gasteiger charge is -2.27. The fourth-order valence-electron chi connectivity index (χ4n) is 3.03. The molecule has 1 aromatic carbocycles. The lowest BCUT2D eigenvalue weighted by Crippen LogP contribution is -2.43. The second-order valence-corrected chi connectivity index (χ2v) is 7.59. The first-order valence-corrected chi connectivity index (χ1v) is 9.10. The van der Waals surface area contributed by atoms with Gasteiger partial charge in [0.25, 0.3) is 0 Å². The van der Waals surface area contributed by atoms with E-state index in [1.54, 1.807) is 6.92 Å².